The summed E-state index contributed by atoms with van der Waals surface area (Å²) in [6, 6.07) is 14.3. The van der Waals surface area contributed by atoms with Crippen LogP contribution in [0.5, 0.6) is 0 Å². The van der Waals surface area contributed by atoms with Gasteiger partial charge in [0.05, 0.1) is 11.3 Å². The van der Waals surface area contributed by atoms with Crippen molar-refractivity contribution in [1.82, 2.24) is 14.7 Å². The van der Waals surface area contributed by atoms with Gasteiger partial charge in [-0.05, 0) is 49.2 Å². The summed E-state index contributed by atoms with van der Waals surface area (Å²) in [6.45, 7) is 0.429. The molecule has 28 heavy (non-hydrogen) atoms. The Hall–Kier alpha value is -3.48. The van der Waals surface area contributed by atoms with E-state index < -0.39 is 17.8 Å². The van der Waals surface area contributed by atoms with Crippen molar-refractivity contribution in [2.24, 2.45) is 0 Å². The molecule has 0 spiro atoms. The predicted octanol–water partition coefficient (Wildman–Crippen LogP) is 3.25. The highest BCUT2D eigenvalue weighted by Gasteiger charge is 2.35. The first kappa shape index (κ1) is 17.9. The van der Waals surface area contributed by atoms with Crippen molar-refractivity contribution in [3.05, 3.63) is 78.4 Å². The molecular formula is C21H19FN4O2. The molecule has 0 unspecified atom stereocenters. The van der Waals surface area contributed by atoms with Crippen LogP contribution in [0.2, 0.25) is 0 Å². The van der Waals surface area contributed by atoms with E-state index in [1.807, 2.05) is 30.5 Å². The molecule has 142 valence electrons. The van der Waals surface area contributed by atoms with Gasteiger partial charge in [0, 0.05) is 24.6 Å². The molecule has 1 fully saturated rings. The van der Waals surface area contributed by atoms with E-state index in [1.54, 1.807) is 23.0 Å². The van der Waals surface area contributed by atoms with E-state index in [4.69, 9.17) is 0 Å². The quantitative estimate of drug-likeness (QED) is 0.758. The van der Waals surface area contributed by atoms with Crippen LogP contribution >= 0.6 is 0 Å². The Morgan fingerprint density at radius 1 is 1.11 bits per heavy atom. The van der Waals surface area contributed by atoms with Gasteiger partial charge in [-0.25, -0.2) is 9.07 Å². The zero-order valence-electron chi connectivity index (χ0n) is 15.1. The number of aromatic nitrogens is 2. The summed E-state index contributed by atoms with van der Waals surface area (Å²) in [5.41, 5.74) is 1.42. The number of carbonyl (C=O) groups excluding carboxylic acids is 2. The Balaban J connectivity index is 1.51. The van der Waals surface area contributed by atoms with Crippen LogP contribution in [-0.4, -0.2) is 39.1 Å². The summed E-state index contributed by atoms with van der Waals surface area (Å²) in [4.78, 5) is 27.0. The number of nitrogens with zero attached hydrogens (tertiary/aromatic N) is 3. The number of amides is 2. The highest BCUT2D eigenvalue weighted by atomic mass is 19.1. The lowest BCUT2D eigenvalue weighted by Crippen LogP contribution is -2.43. The summed E-state index contributed by atoms with van der Waals surface area (Å²) < 4.78 is 15.7. The van der Waals surface area contributed by atoms with E-state index in [0.717, 1.165) is 5.69 Å². The average Bonchev–Trinajstić information content (AvgIpc) is 3.40. The van der Waals surface area contributed by atoms with Gasteiger partial charge in [0.15, 0.2) is 0 Å². The fourth-order valence-corrected chi connectivity index (χ4v) is 3.45. The SMILES string of the molecule is O=C(Nc1cccc(-n2cccn2)c1)[C@@H]1CCCN1C(=O)c1ccccc1F. The van der Waals surface area contributed by atoms with Crippen LogP contribution in [0.3, 0.4) is 0 Å². The Labute approximate surface area is 161 Å². The second-order valence-electron chi connectivity index (χ2n) is 6.63. The summed E-state index contributed by atoms with van der Waals surface area (Å²) >= 11 is 0. The molecule has 4 rings (SSSR count). The first-order valence-electron chi connectivity index (χ1n) is 9.10. The van der Waals surface area contributed by atoms with E-state index >= 15 is 0 Å². The van der Waals surface area contributed by atoms with E-state index in [0.29, 0.717) is 25.1 Å². The van der Waals surface area contributed by atoms with Crippen molar-refractivity contribution < 1.29 is 14.0 Å². The highest BCUT2D eigenvalue weighted by Crippen LogP contribution is 2.23. The van der Waals surface area contributed by atoms with Crippen molar-refractivity contribution in [2.45, 2.75) is 18.9 Å². The van der Waals surface area contributed by atoms with Crippen molar-refractivity contribution in [1.29, 1.82) is 0 Å². The molecule has 0 saturated carbocycles. The third kappa shape index (κ3) is 3.51. The van der Waals surface area contributed by atoms with Gasteiger partial charge in [-0.15, -0.1) is 0 Å². The lowest BCUT2D eigenvalue weighted by Gasteiger charge is -2.24. The molecule has 0 aliphatic carbocycles. The molecule has 1 aromatic heterocycles. The predicted molar refractivity (Wildman–Crippen MR) is 103 cm³/mol. The van der Waals surface area contributed by atoms with Gasteiger partial charge >= 0.3 is 0 Å². The van der Waals surface area contributed by atoms with Gasteiger partial charge in [-0.2, -0.15) is 5.10 Å². The molecular weight excluding hydrogens is 359 g/mol. The highest BCUT2D eigenvalue weighted by molar-refractivity contribution is 6.01. The Bertz CT molecular complexity index is 1000. The number of rotatable bonds is 4. The maximum Gasteiger partial charge on any atom is 0.257 e. The van der Waals surface area contributed by atoms with Gasteiger partial charge in [0.1, 0.15) is 11.9 Å². The molecule has 1 aliphatic heterocycles. The Kier molecular flexibility index (Phi) is 4.89. The lowest BCUT2D eigenvalue weighted by atomic mass is 10.1. The minimum absolute atomic E-state index is 0.0112. The maximum absolute atomic E-state index is 14.0. The fraction of sp³-hybridized carbons (Fsp3) is 0.190. The molecule has 3 aromatic rings. The monoisotopic (exact) mass is 378 g/mol. The first-order chi connectivity index (χ1) is 13.6. The third-order valence-corrected chi connectivity index (χ3v) is 4.80. The van der Waals surface area contributed by atoms with Gasteiger partial charge in [0.2, 0.25) is 5.91 Å². The van der Waals surface area contributed by atoms with Crippen molar-refractivity contribution in [2.75, 3.05) is 11.9 Å². The van der Waals surface area contributed by atoms with Crippen LogP contribution in [-0.2, 0) is 4.79 Å². The van der Waals surface area contributed by atoms with Gasteiger partial charge in [-0.1, -0.05) is 18.2 Å². The number of carbonyl (C=O) groups is 2. The smallest absolute Gasteiger partial charge is 0.257 e. The van der Waals surface area contributed by atoms with Gasteiger partial charge in [0.25, 0.3) is 5.91 Å². The van der Waals surface area contributed by atoms with Crippen LogP contribution in [0.1, 0.15) is 23.2 Å². The fourth-order valence-electron chi connectivity index (χ4n) is 3.45. The minimum Gasteiger partial charge on any atom is -0.327 e. The number of anilines is 1. The van der Waals surface area contributed by atoms with E-state index in [1.165, 1.54) is 23.1 Å². The second kappa shape index (κ2) is 7.64. The van der Waals surface area contributed by atoms with Crippen molar-refractivity contribution >= 4 is 17.5 Å². The largest absolute Gasteiger partial charge is 0.327 e. The summed E-state index contributed by atoms with van der Waals surface area (Å²) in [7, 11) is 0. The van der Waals surface area contributed by atoms with Crippen LogP contribution in [0.15, 0.2) is 67.0 Å². The molecule has 1 saturated heterocycles. The van der Waals surface area contributed by atoms with Crippen LogP contribution in [0, 0.1) is 5.82 Å². The lowest BCUT2D eigenvalue weighted by molar-refractivity contribution is -0.119. The minimum atomic E-state index is -0.625. The molecule has 7 heteroatoms. The van der Waals surface area contributed by atoms with E-state index in [-0.39, 0.29) is 11.5 Å². The molecule has 1 aliphatic rings. The number of nitrogens with one attached hydrogen (secondary N) is 1. The Morgan fingerprint density at radius 2 is 1.96 bits per heavy atom. The number of benzene rings is 2. The molecule has 6 nitrogen and oxygen atoms in total. The molecule has 2 heterocycles. The molecule has 0 radical (unpaired) electrons. The molecule has 1 N–H and O–H groups in total. The van der Waals surface area contributed by atoms with Crippen LogP contribution in [0.4, 0.5) is 10.1 Å². The zero-order valence-corrected chi connectivity index (χ0v) is 15.1. The number of hydrogen-bond acceptors (Lipinski definition) is 3. The molecule has 2 aromatic carbocycles. The topological polar surface area (TPSA) is 67.2 Å². The summed E-state index contributed by atoms with van der Waals surface area (Å²) in [6.07, 6.45) is 4.74. The van der Waals surface area contributed by atoms with E-state index in [9.17, 15) is 14.0 Å². The first-order valence-corrected chi connectivity index (χ1v) is 9.10. The Morgan fingerprint density at radius 3 is 2.75 bits per heavy atom. The van der Waals surface area contributed by atoms with Crippen LogP contribution in [0.25, 0.3) is 5.69 Å². The summed E-state index contributed by atoms with van der Waals surface area (Å²) in [5, 5.41) is 7.05. The molecule has 2 amide bonds. The number of hydrogen-bond donors (Lipinski definition) is 1. The normalized spacial score (nSPS) is 16.2. The maximum atomic E-state index is 14.0. The number of halogens is 1. The standard InChI is InChI=1S/C21H19FN4O2/c22-18-9-2-1-8-17(18)21(28)25-12-4-10-19(25)20(27)24-15-6-3-7-16(14-15)26-13-5-11-23-26/h1-3,5-9,11,13-14,19H,4,10,12H2,(H,24,27)/t19-/m0/s1. The molecule has 1 atom stereocenters. The number of likely N-dealkylation sites (tertiary alicyclic amines) is 1. The summed E-state index contributed by atoms with van der Waals surface area (Å²) in [5.74, 6) is -1.31. The van der Waals surface area contributed by atoms with Crippen LogP contribution < -0.4 is 5.32 Å². The van der Waals surface area contributed by atoms with Crippen molar-refractivity contribution in [3.63, 3.8) is 0 Å². The van der Waals surface area contributed by atoms with E-state index in [2.05, 4.69) is 10.4 Å². The van der Waals surface area contributed by atoms with Crippen molar-refractivity contribution in [3.8, 4) is 5.69 Å². The average molecular weight is 378 g/mol. The zero-order chi connectivity index (χ0) is 19.5. The second-order valence-corrected chi connectivity index (χ2v) is 6.63. The third-order valence-electron chi connectivity index (χ3n) is 4.80. The molecule has 0 bridgehead atoms. The van der Waals surface area contributed by atoms with Gasteiger partial charge in [-0.3, -0.25) is 9.59 Å². The van der Waals surface area contributed by atoms with Gasteiger partial charge < -0.3 is 10.2 Å².